The van der Waals surface area contributed by atoms with Crippen molar-refractivity contribution >= 4 is 5.82 Å². The van der Waals surface area contributed by atoms with Crippen LogP contribution in [-0.4, -0.2) is 18.1 Å². The molecule has 1 atom stereocenters. The van der Waals surface area contributed by atoms with Crippen LogP contribution in [-0.2, 0) is 0 Å². The minimum atomic E-state index is 0.0564. The van der Waals surface area contributed by atoms with E-state index in [0.717, 1.165) is 11.4 Å². The fraction of sp³-hybridized carbons (Fsp3) is 0.545. The van der Waals surface area contributed by atoms with E-state index in [2.05, 4.69) is 23.7 Å². The normalized spacial score (nSPS) is 13.0. The third kappa shape index (κ3) is 2.45. The predicted octanol–water partition coefficient (Wildman–Crippen LogP) is 1.95. The van der Waals surface area contributed by atoms with E-state index in [1.165, 1.54) is 0 Å². The molecule has 0 aliphatic carbocycles. The second kappa shape index (κ2) is 4.42. The third-order valence-corrected chi connectivity index (χ3v) is 2.43. The van der Waals surface area contributed by atoms with Gasteiger partial charge >= 0.3 is 0 Å². The summed E-state index contributed by atoms with van der Waals surface area (Å²) < 4.78 is 0. The fourth-order valence-corrected chi connectivity index (χ4v) is 1.14. The van der Waals surface area contributed by atoms with Gasteiger partial charge in [-0.05, 0) is 32.4 Å². The standard InChI is InChI=1S/C11H19N3/c1-8(2)14(4)11-6-5-10(7-13-11)9(3)12/h5-9H,12H2,1-4H3/t9-/m0/s1. The largest absolute Gasteiger partial charge is 0.357 e. The molecule has 0 aliphatic rings. The summed E-state index contributed by atoms with van der Waals surface area (Å²) in [5.74, 6) is 0.990. The maximum absolute atomic E-state index is 5.75. The maximum atomic E-state index is 5.75. The molecule has 0 aromatic carbocycles. The monoisotopic (exact) mass is 193 g/mol. The molecule has 0 aliphatic heterocycles. The second-order valence-corrected chi connectivity index (χ2v) is 3.94. The number of rotatable bonds is 3. The van der Waals surface area contributed by atoms with Gasteiger partial charge in [0.2, 0.25) is 0 Å². The lowest BCUT2D eigenvalue weighted by molar-refractivity contribution is 0.739. The van der Waals surface area contributed by atoms with Crippen molar-refractivity contribution in [3.8, 4) is 0 Å². The van der Waals surface area contributed by atoms with E-state index in [1.54, 1.807) is 0 Å². The zero-order chi connectivity index (χ0) is 10.7. The molecule has 0 saturated carbocycles. The Hall–Kier alpha value is -1.09. The van der Waals surface area contributed by atoms with E-state index in [9.17, 15) is 0 Å². The first-order valence-electron chi connectivity index (χ1n) is 4.96. The van der Waals surface area contributed by atoms with Gasteiger partial charge in [-0.25, -0.2) is 4.98 Å². The van der Waals surface area contributed by atoms with E-state index in [-0.39, 0.29) is 6.04 Å². The highest BCUT2D eigenvalue weighted by molar-refractivity contribution is 5.39. The zero-order valence-corrected chi connectivity index (χ0v) is 9.36. The van der Waals surface area contributed by atoms with Crippen LogP contribution in [0.3, 0.4) is 0 Å². The lowest BCUT2D eigenvalue weighted by Crippen LogP contribution is -2.26. The number of aromatic nitrogens is 1. The molecular formula is C11H19N3. The first-order valence-corrected chi connectivity index (χ1v) is 4.96. The molecule has 3 nitrogen and oxygen atoms in total. The van der Waals surface area contributed by atoms with Crippen LogP contribution in [0.25, 0.3) is 0 Å². The summed E-state index contributed by atoms with van der Waals surface area (Å²) in [6, 6.07) is 4.56. The predicted molar refractivity (Wildman–Crippen MR) is 60.4 cm³/mol. The molecule has 0 saturated heterocycles. The Balaban J connectivity index is 2.83. The van der Waals surface area contributed by atoms with Crippen LogP contribution in [0.5, 0.6) is 0 Å². The summed E-state index contributed by atoms with van der Waals surface area (Å²) in [7, 11) is 2.04. The number of hydrogen-bond donors (Lipinski definition) is 1. The van der Waals surface area contributed by atoms with Crippen molar-refractivity contribution in [1.29, 1.82) is 0 Å². The lowest BCUT2D eigenvalue weighted by Gasteiger charge is -2.22. The Morgan fingerprint density at radius 3 is 2.29 bits per heavy atom. The van der Waals surface area contributed by atoms with Crippen LogP contribution in [0.15, 0.2) is 18.3 Å². The van der Waals surface area contributed by atoms with E-state index in [4.69, 9.17) is 5.73 Å². The molecular weight excluding hydrogens is 174 g/mol. The van der Waals surface area contributed by atoms with Crippen molar-refractivity contribution in [1.82, 2.24) is 4.98 Å². The Morgan fingerprint density at radius 2 is 1.93 bits per heavy atom. The lowest BCUT2D eigenvalue weighted by atomic mass is 10.1. The topological polar surface area (TPSA) is 42.1 Å². The molecule has 78 valence electrons. The molecule has 0 bridgehead atoms. The van der Waals surface area contributed by atoms with Crippen molar-refractivity contribution in [2.24, 2.45) is 5.73 Å². The summed E-state index contributed by atoms with van der Waals surface area (Å²) in [6.45, 7) is 6.24. The number of anilines is 1. The van der Waals surface area contributed by atoms with E-state index in [1.807, 2.05) is 32.3 Å². The summed E-state index contributed by atoms with van der Waals surface area (Å²) in [5.41, 5.74) is 6.82. The van der Waals surface area contributed by atoms with Gasteiger partial charge in [-0.3, -0.25) is 0 Å². The minimum absolute atomic E-state index is 0.0564. The van der Waals surface area contributed by atoms with Crippen molar-refractivity contribution < 1.29 is 0 Å². The summed E-state index contributed by atoms with van der Waals surface area (Å²) in [5, 5.41) is 0. The molecule has 0 radical (unpaired) electrons. The second-order valence-electron chi connectivity index (χ2n) is 3.94. The SMILES string of the molecule is CC(C)N(C)c1ccc([C@H](C)N)cn1. The number of pyridine rings is 1. The number of nitrogens with zero attached hydrogens (tertiary/aromatic N) is 2. The Morgan fingerprint density at radius 1 is 1.29 bits per heavy atom. The van der Waals surface area contributed by atoms with Crippen LogP contribution in [0.1, 0.15) is 32.4 Å². The van der Waals surface area contributed by atoms with Gasteiger partial charge in [-0.2, -0.15) is 0 Å². The molecule has 1 aromatic heterocycles. The van der Waals surface area contributed by atoms with Crippen LogP contribution in [0, 0.1) is 0 Å². The third-order valence-electron chi connectivity index (χ3n) is 2.43. The van der Waals surface area contributed by atoms with Crippen molar-refractivity contribution in [3.63, 3.8) is 0 Å². The highest BCUT2D eigenvalue weighted by atomic mass is 15.2. The van der Waals surface area contributed by atoms with Crippen LogP contribution in [0.2, 0.25) is 0 Å². The van der Waals surface area contributed by atoms with Crippen molar-refractivity contribution in [2.75, 3.05) is 11.9 Å². The first kappa shape index (κ1) is 11.0. The van der Waals surface area contributed by atoms with Gasteiger partial charge in [0.25, 0.3) is 0 Å². The fourth-order valence-electron chi connectivity index (χ4n) is 1.14. The highest BCUT2D eigenvalue weighted by Crippen LogP contribution is 2.14. The number of hydrogen-bond acceptors (Lipinski definition) is 3. The van der Waals surface area contributed by atoms with Gasteiger partial charge in [0.05, 0.1) is 0 Å². The Labute approximate surface area is 85.9 Å². The quantitative estimate of drug-likeness (QED) is 0.797. The number of nitrogens with two attached hydrogens (primary N) is 1. The van der Waals surface area contributed by atoms with E-state index < -0.39 is 0 Å². The summed E-state index contributed by atoms with van der Waals surface area (Å²) in [6.07, 6.45) is 1.85. The molecule has 1 rings (SSSR count). The summed E-state index contributed by atoms with van der Waals surface area (Å²) >= 11 is 0. The molecule has 1 aromatic rings. The highest BCUT2D eigenvalue weighted by Gasteiger charge is 2.06. The summed E-state index contributed by atoms with van der Waals surface area (Å²) in [4.78, 5) is 6.50. The van der Waals surface area contributed by atoms with Crippen LogP contribution < -0.4 is 10.6 Å². The van der Waals surface area contributed by atoms with Crippen molar-refractivity contribution in [2.45, 2.75) is 32.9 Å². The van der Waals surface area contributed by atoms with Crippen LogP contribution in [0.4, 0.5) is 5.82 Å². The van der Waals surface area contributed by atoms with Gasteiger partial charge in [-0.1, -0.05) is 6.07 Å². The average molecular weight is 193 g/mol. The zero-order valence-electron chi connectivity index (χ0n) is 9.36. The van der Waals surface area contributed by atoms with Crippen molar-refractivity contribution in [3.05, 3.63) is 23.9 Å². The smallest absolute Gasteiger partial charge is 0.128 e. The maximum Gasteiger partial charge on any atom is 0.128 e. The van der Waals surface area contributed by atoms with Gasteiger partial charge < -0.3 is 10.6 Å². The first-order chi connectivity index (χ1) is 6.52. The molecule has 0 unspecified atom stereocenters. The van der Waals surface area contributed by atoms with Crippen LogP contribution >= 0.6 is 0 Å². The molecule has 0 spiro atoms. The molecule has 2 N–H and O–H groups in total. The van der Waals surface area contributed by atoms with Gasteiger partial charge in [0.15, 0.2) is 0 Å². The van der Waals surface area contributed by atoms with Gasteiger partial charge in [-0.15, -0.1) is 0 Å². The molecule has 1 heterocycles. The van der Waals surface area contributed by atoms with E-state index >= 15 is 0 Å². The molecule has 3 heteroatoms. The van der Waals surface area contributed by atoms with Gasteiger partial charge in [0.1, 0.15) is 5.82 Å². The molecule has 14 heavy (non-hydrogen) atoms. The Bertz CT molecular complexity index is 277. The van der Waals surface area contributed by atoms with Gasteiger partial charge in [0, 0.05) is 25.3 Å². The van der Waals surface area contributed by atoms with E-state index in [0.29, 0.717) is 6.04 Å². The molecule has 0 fully saturated rings. The minimum Gasteiger partial charge on any atom is -0.357 e. The average Bonchev–Trinajstić information content (AvgIpc) is 2.16. The Kier molecular flexibility index (Phi) is 3.47. The molecule has 0 amide bonds.